The zero-order valence-electron chi connectivity index (χ0n) is 11.7. The van der Waals surface area contributed by atoms with E-state index in [1.54, 1.807) is 18.2 Å². The van der Waals surface area contributed by atoms with Crippen LogP contribution in [0.25, 0.3) is 11.5 Å². The number of sulfone groups is 1. The highest BCUT2D eigenvalue weighted by molar-refractivity contribution is 8.01. The Morgan fingerprint density at radius 2 is 2.00 bits per heavy atom. The van der Waals surface area contributed by atoms with Gasteiger partial charge in [0.2, 0.25) is 12.7 Å². The number of aromatic nitrogens is 2. The van der Waals surface area contributed by atoms with Crippen molar-refractivity contribution in [2.45, 2.75) is 16.6 Å². The van der Waals surface area contributed by atoms with Gasteiger partial charge in [0.15, 0.2) is 21.3 Å². The fourth-order valence-corrected chi connectivity index (χ4v) is 5.80. The van der Waals surface area contributed by atoms with Gasteiger partial charge in [0, 0.05) is 5.56 Å². The van der Waals surface area contributed by atoms with Crippen molar-refractivity contribution in [3.05, 3.63) is 18.2 Å². The van der Waals surface area contributed by atoms with E-state index >= 15 is 0 Å². The van der Waals surface area contributed by atoms with Gasteiger partial charge in [-0.3, -0.25) is 0 Å². The molecule has 0 radical (unpaired) electrons. The monoisotopic (exact) mass is 356 g/mol. The minimum Gasteiger partial charge on any atom is -0.454 e. The molecule has 0 saturated carbocycles. The standard InChI is InChI=1S/C13H12N2O6S2/c16-8-4-23(17,18)5-11(8)22-13-15-14-12(21-13)7-1-2-9-10(3-7)20-6-19-9/h1-3,8,11,16H,4-6H2/t8-,11-/m1/s1. The predicted octanol–water partition coefficient (Wildman–Crippen LogP) is 0.715. The average Bonchev–Trinajstić information content (AvgIpc) is 3.18. The van der Waals surface area contributed by atoms with Gasteiger partial charge in [0.25, 0.3) is 5.22 Å². The fraction of sp³-hybridized carbons (Fsp3) is 0.385. The molecule has 2 aromatic rings. The van der Waals surface area contributed by atoms with Gasteiger partial charge < -0.3 is 19.0 Å². The molecule has 4 rings (SSSR count). The van der Waals surface area contributed by atoms with Crippen LogP contribution in [0.2, 0.25) is 0 Å². The summed E-state index contributed by atoms with van der Waals surface area (Å²) in [5.74, 6) is 1.23. The minimum absolute atomic E-state index is 0.0967. The van der Waals surface area contributed by atoms with Crippen molar-refractivity contribution in [2.24, 2.45) is 0 Å². The van der Waals surface area contributed by atoms with Gasteiger partial charge in [-0.05, 0) is 18.2 Å². The van der Waals surface area contributed by atoms with E-state index in [-0.39, 0.29) is 23.5 Å². The summed E-state index contributed by atoms with van der Waals surface area (Å²) < 4.78 is 39.1. The highest BCUT2D eigenvalue weighted by Crippen LogP contribution is 2.37. The van der Waals surface area contributed by atoms with E-state index in [2.05, 4.69) is 10.2 Å². The summed E-state index contributed by atoms with van der Waals surface area (Å²) in [7, 11) is -3.21. The zero-order valence-corrected chi connectivity index (χ0v) is 13.3. The molecule has 1 N–H and O–H groups in total. The number of aliphatic hydroxyl groups excluding tert-OH is 1. The number of thioether (sulfide) groups is 1. The van der Waals surface area contributed by atoms with Crippen LogP contribution >= 0.6 is 11.8 Å². The summed E-state index contributed by atoms with van der Waals surface area (Å²) in [5.41, 5.74) is 0.674. The van der Waals surface area contributed by atoms with E-state index in [4.69, 9.17) is 13.9 Å². The van der Waals surface area contributed by atoms with Crippen molar-refractivity contribution in [3.8, 4) is 23.0 Å². The maximum Gasteiger partial charge on any atom is 0.277 e. The highest BCUT2D eigenvalue weighted by Gasteiger charge is 2.38. The Morgan fingerprint density at radius 1 is 1.17 bits per heavy atom. The Kier molecular flexibility index (Phi) is 3.47. The van der Waals surface area contributed by atoms with Gasteiger partial charge in [-0.25, -0.2) is 8.42 Å². The number of hydrogen-bond acceptors (Lipinski definition) is 9. The molecule has 3 heterocycles. The van der Waals surface area contributed by atoms with E-state index in [1.807, 2.05) is 0 Å². The number of aliphatic hydroxyl groups is 1. The molecule has 1 saturated heterocycles. The van der Waals surface area contributed by atoms with Crippen molar-refractivity contribution < 1.29 is 27.4 Å². The maximum atomic E-state index is 11.5. The third kappa shape index (κ3) is 2.89. The third-order valence-corrected chi connectivity index (χ3v) is 6.63. The molecular formula is C13H12N2O6S2. The molecule has 0 amide bonds. The van der Waals surface area contributed by atoms with Crippen molar-refractivity contribution in [1.82, 2.24) is 10.2 Å². The maximum absolute atomic E-state index is 11.5. The van der Waals surface area contributed by atoms with Gasteiger partial charge in [0.05, 0.1) is 22.9 Å². The molecule has 1 aromatic heterocycles. The molecule has 2 aliphatic rings. The lowest BCUT2D eigenvalue weighted by atomic mass is 10.2. The van der Waals surface area contributed by atoms with Crippen molar-refractivity contribution in [2.75, 3.05) is 18.3 Å². The first-order valence-corrected chi connectivity index (χ1v) is 9.49. The first kappa shape index (κ1) is 14.8. The van der Waals surface area contributed by atoms with Gasteiger partial charge in [0.1, 0.15) is 0 Å². The van der Waals surface area contributed by atoms with E-state index in [0.717, 1.165) is 11.8 Å². The second-order valence-electron chi connectivity index (χ2n) is 5.24. The second kappa shape index (κ2) is 5.39. The first-order chi connectivity index (χ1) is 11.0. The van der Waals surface area contributed by atoms with Gasteiger partial charge in [-0.2, -0.15) is 0 Å². The summed E-state index contributed by atoms with van der Waals surface area (Å²) in [6.07, 6.45) is -0.925. The van der Waals surface area contributed by atoms with Crippen LogP contribution in [-0.4, -0.2) is 53.4 Å². The normalized spacial score (nSPS) is 24.9. The highest BCUT2D eigenvalue weighted by atomic mass is 32.2. The largest absolute Gasteiger partial charge is 0.454 e. The molecule has 0 spiro atoms. The summed E-state index contributed by atoms with van der Waals surface area (Å²) in [6, 6.07) is 5.26. The SMILES string of the molecule is O=S1(=O)C[C@@H](O)[C@H](Sc2nnc(-c3ccc4c(c3)OCO4)o2)C1. The predicted molar refractivity (Wildman–Crippen MR) is 80.2 cm³/mol. The molecule has 2 aliphatic heterocycles. The van der Waals surface area contributed by atoms with E-state index in [0.29, 0.717) is 23.0 Å². The van der Waals surface area contributed by atoms with Gasteiger partial charge in [-0.1, -0.05) is 11.8 Å². The number of ether oxygens (including phenoxy) is 2. The molecule has 0 bridgehead atoms. The number of benzene rings is 1. The van der Waals surface area contributed by atoms with Crippen LogP contribution in [0, 0.1) is 0 Å². The Bertz CT molecular complexity index is 850. The van der Waals surface area contributed by atoms with Crippen LogP contribution in [0.15, 0.2) is 27.8 Å². The lowest BCUT2D eigenvalue weighted by Gasteiger charge is -2.07. The lowest BCUT2D eigenvalue weighted by molar-refractivity contribution is 0.174. The third-order valence-electron chi connectivity index (χ3n) is 3.55. The molecule has 23 heavy (non-hydrogen) atoms. The number of nitrogens with zero attached hydrogens (tertiary/aromatic N) is 2. The molecular weight excluding hydrogens is 344 g/mol. The molecule has 0 aliphatic carbocycles. The molecule has 1 aromatic carbocycles. The molecule has 10 heteroatoms. The van der Waals surface area contributed by atoms with Crippen molar-refractivity contribution in [3.63, 3.8) is 0 Å². The van der Waals surface area contributed by atoms with Crippen LogP contribution in [0.4, 0.5) is 0 Å². The average molecular weight is 356 g/mol. The molecule has 8 nitrogen and oxygen atoms in total. The first-order valence-electron chi connectivity index (χ1n) is 6.79. The summed E-state index contributed by atoms with van der Waals surface area (Å²) in [6.45, 7) is 0.178. The van der Waals surface area contributed by atoms with Crippen LogP contribution in [0.3, 0.4) is 0 Å². The minimum atomic E-state index is -3.21. The smallest absolute Gasteiger partial charge is 0.277 e. The van der Waals surface area contributed by atoms with Crippen LogP contribution < -0.4 is 9.47 Å². The van der Waals surface area contributed by atoms with E-state index < -0.39 is 21.2 Å². The second-order valence-corrected chi connectivity index (χ2v) is 8.59. The summed E-state index contributed by atoms with van der Waals surface area (Å²) >= 11 is 1.08. The quantitative estimate of drug-likeness (QED) is 0.850. The van der Waals surface area contributed by atoms with Crippen LogP contribution in [0.1, 0.15) is 0 Å². The van der Waals surface area contributed by atoms with Gasteiger partial charge in [-0.15, -0.1) is 10.2 Å². The summed E-state index contributed by atoms with van der Waals surface area (Å²) in [5, 5.41) is 17.4. The Morgan fingerprint density at radius 3 is 2.78 bits per heavy atom. The van der Waals surface area contributed by atoms with E-state index in [1.165, 1.54) is 0 Å². The topological polar surface area (TPSA) is 112 Å². The number of rotatable bonds is 3. The summed E-state index contributed by atoms with van der Waals surface area (Å²) in [4.78, 5) is 0. The fourth-order valence-electron chi connectivity index (χ4n) is 2.44. The zero-order chi connectivity index (χ0) is 16.0. The molecule has 0 unspecified atom stereocenters. The van der Waals surface area contributed by atoms with Crippen LogP contribution in [0.5, 0.6) is 11.5 Å². The molecule has 2 atom stereocenters. The lowest BCUT2D eigenvalue weighted by Crippen LogP contribution is -2.19. The Balaban J connectivity index is 1.53. The van der Waals surface area contributed by atoms with E-state index in [9.17, 15) is 13.5 Å². The van der Waals surface area contributed by atoms with Gasteiger partial charge >= 0.3 is 0 Å². The Labute approximate surface area is 135 Å². The van der Waals surface area contributed by atoms with Crippen molar-refractivity contribution in [1.29, 1.82) is 0 Å². The molecule has 122 valence electrons. The number of fused-ring (bicyclic) bond motifs is 1. The molecule has 1 fully saturated rings. The Hall–Kier alpha value is -1.78. The van der Waals surface area contributed by atoms with Crippen LogP contribution in [-0.2, 0) is 9.84 Å². The number of hydrogen-bond donors (Lipinski definition) is 1. The van der Waals surface area contributed by atoms with Crippen molar-refractivity contribution >= 4 is 21.6 Å².